The van der Waals surface area contributed by atoms with Gasteiger partial charge in [0.15, 0.2) is 5.96 Å². The maximum Gasteiger partial charge on any atom is 0.191 e. The number of piperidine rings is 1. The number of aryl methyl sites for hydroxylation is 1. The average molecular weight is 316 g/mol. The number of guanidine groups is 1. The monoisotopic (exact) mass is 316 g/mol. The summed E-state index contributed by atoms with van der Waals surface area (Å²) in [5.41, 5.74) is 2.59. The Balaban J connectivity index is 1.88. The fraction of sp³-hybridized carbons (Fsp3) is 0.632. The molecule has 0 bridgehead atoms. The molecule has 0 aromatic heterocycles. The van der Waals surface area contributed by atoms with Crippen molar-refractivity contribution in [2.75, 3.05) is 32.7 Å². The first-order valence-electron chi connectivity index (χ1n) is 9.02. The number of aliphatic imine (C=N–C) groups is 1. The van der Waals surface area contributed by atoms with Crippen LogP contribution in [0.25, 0.3) is 0 Å². The third-order valence-electron chi connectivity index (χ3n) is 4.62. The maximum atomic E-state index is 4.75. The van der Waals surface area contributed by atoms with Crippen LogP contribution in [0, 0.1) is 12.8 Å². The van der Waals surface area contributed by atoms with E-state index in [1.165, 1.54) is 37.1 Å². The van der Waals surface area contributed by atoms with Gasteiger partial charge in [0.2, 0.25) is 0 Å². The van der Waals surface area contributed by atoms with Gasteiger partial charge in [-0.05, 0) is 56.8 Å². The molecule has 128 valence electrons. The van der Waals surface area contributed by atoms with Gasteiger partial charge in [0, 0.05) is 19.6 Å². The van der Waals surface area contributed by atoms with E-state index in [4.69, 9.17) is 4.99 Å². The number of nitrogens with zero attached hydrogens (tertiary/aromatic N) is 2. The van der Waals surface area contributed by atoms with Gasteiger partial charge in [-0.2, -0.15) is 0 Å². The molecule has 1 unspecified atom stereocenters. The molecule has 1 saturated heterocycles. The summed E-state index contributed by atoms with van der Waals surface area (Å²) in [6.07, 6.45) is 2.64. The Bertz CT molecular complexity index is 498. The van der Waals surface area contributed by atoms with Gasteiger partial charge in [-0.3, -0.25) is 0 Å². The van der Waals surface area contributed by atoms with E-state index < -0.39 is 0 Å². The van der Waals surface area contributed by atoms with Crippen LogP contribution < -0.4 is 10.6 Å². The minimum Gasteiger partial charge on any atom is -0.357 e. The first-order chi connectivity index (χ1) is 11.2. The highest BCUT2D eigenvalue weighted by molar-refractivity contribution is 5.79. The third kappa shape index (κ3) is 5.87. The zero-order valence-electron chi connectivity index (χ0n) is 14.9. The summed E-state index contributed by atoms with van der Waals surface area (Å²) in [6.45, 7) is 12.8. The molecule has 2 rings (SSSR count). The van der Waals surface area contributed by atoms with Gasteiger partial charge in [-0.25, -0.2) is 4.99 Å². The Hall–Kier alpha value is -1.55. The van der Waals surface area contributed by atoms with Crippen molar-refractivity contribution in [1.82, 2.24) is 15.5 Å². The molecule has 0 radical (unpaired) electrons. The molecule has 0 aliphatic carbocycles. The van der Waals surface area contributed by atoms with Crippen LogP contribution in [-0.2, 0) is 6.54 Å². The van der Waals surface area contributed by atoms with Crippen molar-refractivity contribution in [2.45, 2.75) is 40.2 Å². The second-order valence-corrected chi connectivity index (χ2v) is 6.40. The summed E-state index contributed by atoms with van der Waals surface area (Å²) in [5.74, 6) is 1.66. The molecule has 0 spiro atoms. The zero-order chi connectivity index (χ0) is 16.5. The van der Waals surface area contributed by atoms with Crippen molar-refractivity contribution in [1.29, 1.82) is 0 Å². The predicted octanol–water partition coefficient (Wildman–Crippen LogP) is 2.78. The van der Waals surface area contributed by atoms with Gasteiger partial charge in [-0.1, -0.05) is 31.2 Å². The Morgan fingerprint density at radius 3 is 2.83 bits per heavy atom. The standard InChI is InChI=1S/C19H32N4/c1-4-20-19(22-14-18-11-7-6-9-16(18)3)21-13-17-10-8-12-23(5-2)15-17/h6-7,9,11,17H,4-5,8,10,12-15H2,1-3H3,(H2,20,21,22). The third-order valence-corrected chi connectivity index (χ3v) is 4.62. The summed E-state index contributed by atoms with van der Waals surface area (Å²) in [7, 11) is 0. The van der Waals surface area contributed by atoms with E-state index in [2.05, 4.69) is 60.6 Å². The molecule has 1 heterocycles. The lowest BCUT2D eigenvalue weighted by Crippen LogP contribution is -2.44. The van der Waals surface area contributed by atoms with E-state index in [9.17, 15) is 0 Å². The molecule has 2 N–H and O–H groups in total. The lowest BCUT2D eigenvalue weighted by atomic mass is 9.98. The molecule has 1 aromatic carbocycles. The molecule has 0 amide bonds. The summed E-state index contributed by atoms with van der Waals surface area (Å²) < 4.78 is 0. The lowest BCUT2D eigenvalue weighted by Gasteiger charge is -2.32. The fourth-order valence-corrected chi connectivity index (χ4v) is 3.14. The minimum atomic E-state index is 0.728. The highest BCUT2D eigenvalue weighted by Gasteiger charge is 2.18. The topological polar surface area (TPSA) is 39.7 Å². The number of nitrogens with one attached hydrogen (secondary N) is 2. The first kappa shape index (κ1) is 17.8. The molecule has 23 heavy (non-hydrogen) atoms. The Morgan fingerprint density at radius 2 is 2.09 bits per heavy atom. The van der Waals surface area contributed by atoms with E-state index in [1.807, 2.05) is 0 Å². The van der Waals surface area contributed by atoms with Crippen LogP contribution in [-0.4, -0.2) is 43.6 Å². The van der Waals surface area contributed by atoms with Gasteiger partial charge in [0.05, 0.1) is 6.54 Å². The van der Waals surface area contributed by atoms with Crippen LogP contribution >= 0.6 is 0 Å². The molecule has 1 atom stereocenters. The van der Waals surface area contributed by atoms with Crippen molar-refractivity contribution in [2.24, 2.45) is 10.9 Å². The highest BCUT2D eigenvalue weighted by atomic mass is 15.2. The van der Waals surface area contributed by atoms with E-state index in [0.29, 0.717) is 0 Å². The summed E-state index contributed by atoms with van der Waals surface area (Å²) in [4.78, 5) is 7.30. The van der Waals surface area contributed by atoms with Gasteiger partial charge in [0.25, 0.3) is 0 Å². The zero-order valence-corrected chi connectivity index (χ0v) is 14.9. The largest absolute Gasteiger partial charge is 0.357 e. The summed E-state index contributed by atoms with van der Waals surface area (Å²) >= 11 is 0. The molecule has 1 aliphatic heterocycles. The molecule has 1 aliphatic rings. The minimum absolute atomic E-state index is 0.728. The summed E-state index contributed by atoms with van der Waals surface area (Å²) in [6, 6.07) is 8.46. The molecule has 1 fully saturated rings. The highest BCUT2D eigenvalue weighted by Crippen LogP contribution is 2.15. The number of hydrogen-bond acceptors (Lipinski definition) is 2. The van der Waals surface area contributed by atoms with E-state index >= 15 is 0 Å². The van der Waals surface area contributed by atoms with Crippen LogP contribution in [0.1, 0.15) is 37.8 Å². The Kier molecular flexibility index (Phi) is 7.40. The molecule has 4 nitrogen and oxygen atoms in total. The summed E-state index contributed by atoms with van der Waals surface area (Å²) in [5, 5.41) is 6.90. The van der Waals surface area contributed by atoms with Crippen LogP contribution in [0.15, 0.2) is 29.3 Å². The number of likely N-dealkylation sites (tertiary alicyclic amines) is 1. The second kappa shape index (κ2) is 9.56. The maximum absolute atomic E-state index is 4.75. The Morgan fingerprint density at radius 1 is 1.26 bits per heavy atom. The van der Waals surface area contributed by atoms with E-state index in [-0.39, 0.29) is 0 Å². The van der Waals surface area contributed by atoms with Crippen molar-refractivity contribution < 1.29 is 0 Å². The second-order valence-electron chi connectivity index (χ2n) is 6.40. The lowest BCUT2D eigenvalue weighted by molar-refractivity contribution is 0.183. The number of rotatable bonds is 6. The Labute approximate surface area is 141 Å². The van der Waals surface area contributed by atoms with Crippen molar-refractivity contribution >= 4 is 5.96 Å². The van der Waals surface area contributed by atoms with E-state index in [0.717, 1.165) is 38.1 Å². The number of hydrogen-bond donors (Lipinski definition) is 2. The molecular formula is C19H32N4. The van der Waals surface area contributed by atoms with Crippen LogP contribution in [0.5, 0.6) is 0 Å². The fourth-order valence-electron chi connectivity index (χ4n) is 3.14. The first-order valence-corrected chi connectivity index (χ1v) is 9.02. The SMILES string of the molecule is CCNC(=NCc1ccccc1C)NCC1CCCN(CC)C1. The van der Waals surface area contributed by atoms with Crippen molar-refractivity contribution in [3.05, 3.63) is 35.4 Å². The van der Waals surface area contributed by atoms with Gasteiger partial charge >= 0.3 is 0 Å². The van der Waals surface area contributed by atoms with Crippen LogP contribution in [0.3, 0.4) is 0 Å². The predicted molar refractivity (Wildman–Crippen MR) is 98.8 cm³/mol. The quantitative estimate of drug-likeness (QED) is 0.626. The molecule has 1 aromatic rings. The van der Waals surface area contributed by atoms with Crippen molar-refractivity contribution in [3.63, 3.8) is 0 Å². The van der Waals surface area contributed by atoms with Crippen LogP contribution in [0.2, 0.25) is 0 Å². The smallest absolute Gasteiger partial charge is 0.191 e. The normalized spacial score (nSPS) is 19.6. The average Bonchev–Trinajstić information content (AvgIpc) is 2.59. The number of benzene rings is 1. The van der Waals surface area contributed by atoms with Crippen molar-refractivity contribution in [3.8, 4) is 0 Å². The molecule has 0 saturated carbocycles. The molecule has 4 heteroatoms. The van der Waals surface area contributed by atoms with Crippen LogP contribution in [0.4, 0.5) is 0 Å². The molecular weight excluding hydrogens is 284 g/mol. The van der Waals surface area contributed by atoms with Gasteiger partial charge in [0.1, 0.15) is 0 Å². The van der Waals surface area contributed by atoms with E-state index in [1.54, 1.807) is 0 Å². The van der Waals surface area contributed by atoms with Gasteiger partial charge in [-0.15, -0.1) is 0 Å². The van der Waals surface area contributed by atoms with Gasteiger partial charge < -0.3 is 15.5 Å².